The van der Waals surface area contributed by atoms with E-state index in [1.807, 2.05) is 12.1 Å². The van der Waals surface area contributed by atoms with E-state index in [1.54, 1.807) is 0 Å². The van der Waals surface area contributed by atoms with Gasteiger partial charge in [-0.3, -0.25) is 0 Å². The van der Waals surface area contributed by atoms with Crippen LogP contribution in [0.15, 0.2) is 29.2 Å². The van der Waals surface area contributed by atoms with Crippen molar-refractivity contribution in [1.82, 2.24) is 9.97 Å². The highest BCUT2D eigenvalue weighted by atomic mass is 32.2. The molecule has 3 aliphatic rings. The maximum absolute atomic E-state index is 12.6. The number of ether oxygens (including phenoxy) is 1. The molecule has 5 rings (SSSR count). The molecule has 2 aromatic rings. The maximum atomic E-state index is 12.6. The minimum Gasteiger partial charge on any atom is -0.611 e. The number of piperidine rings is 1. The highest BCUT2D eigenvalue weighted by Crippen LogP contribution is 2.35. The van der Waals surface area contributed by atoms with Crippen molar-refractivity contribution < 1.29 is 9.29 Å². The van der Waals surface area contributed by atoms with Gasteiger partial charge in [-0.1, -0.05) is 12.1 Å². The number of benzene rings is 1. The Bertz CT molecular complexity index is 963. The molecule has 8 heteroatoms. The summed E-state index contributed by atoms with van der Waals surface area (Å²) in [5.74, 6) is 2.64. The molecular formula is C23H27N5O2S. The molecule has 2 fully saturated rings. The molecule has 162 valence electrons. The molecule has 0 bridgehead atoms. The number of nitriles is 1. The first kappa shape index (κ1) is 20.6. The molecule has 0 spiro atoms. The lowest BCUT2D eigenvalue weighted by molar-refractivity contribution is 0.0903. The zero-order valence-corrected chi connectivity index (χ0v) is 18.4. The number of nitrogens with zero attached hydrogens (tertiary/aromatic N) is 4. The Hall–Kier alpha value is -2.34. The summed E-state index contributed by atoms with van der Waals surface area (Å²) in [5, 5.41) is 12.6. The van der Waals surface area contributed by atoms with Crippen LogP contribution < -0.4 is 10.2 Å². The number of aromatic nitrogens is 2. The van der Waals surface area contributed by atoms with Crippen molar-refractivity contribution in [1.29, 1.82) is 5.26 Å². The number of aryl methyl sites for hydroxylation is 1. The fourth-order valence-corrected chi connectivity index (χ4v) is 6.01. The van der Waals surface area contributed by atoms with Crippen LogP contribution in [0.25, 0.3) is 0 Å². The second kappa shape index (κ2) is 9.03. The van der Waals surface area contributed by atoms with Crippen LogP contribution in [0.2, 0.25) is 0 Å². The summed E-state index contributed by atoms with van der Waals surface area (Å²) in [7, 11) is 0. The molecule has 0 amide bonds. The van der Waals surface area contributed by atoms with Crippen LogP contribution in [0.5, 0.6) is 0 Å². The van der Waals surface area contributed by atoms with Crippen molar-refractivity contribution >= 4 is 22.9 Å². The van der Waals surface area contributed by atoms with Gasteiger partial charge in [0.1, 0.15) is 11.4 Å². The van der Waals surface area contributed by atoms with E-state index in [1.165, 1.54) is 5.56 Å². The number of fused-ring (bicyclic) bond motifs is 1. The topological polar surface area (TPSA) is 97.1 Å². The van der Waals surface area contributed by atoms with Gasteiger partial charge in [0.05, 0.1) is 11.6 Å². The molecule has 1 atom stereocenters. The van der Waals surface area contributed by atoms with Crippen LogP contribution in [-0.2, 0) is 22.3 Å². The smallest absolute Gasteiger partial charge is 0.227 e. The van der Waals surface area contributed by atoms with E-state index in [0.717, 1.165) is 80.8 Å². The predicted molar refractivity (Wildman–Crippen MR) is 120 cm³/mol. The number of anilines is 2. The molecule has 2 saturated heterocycles. The summed E-state index contributed by atoms with van der Waals surface area (Å²) in [4.78, 5) is 12.8. The van der Waals surface area contributed by atoms with E-state index >= 15 is 0 Å². The van der Waals surface area contributed by atoms with Gasteiger partial charge in [0.2, 0.25) is 10.8 Å². The first-order valence-corrected chi connectivity index (χ1v) is 12.4. The Labute approximate surface area is 186 Å². The van der Waals surface area contributed by atoms with Crippen LogP contribution >= 0.6 is 0 Å². The van der Waals surface area contributed by atoms with Crippen molar-refractivity contribution in [2.24, 2.45) is 0 Å². The lowest BCUT2D eigenvalue weighted by Crippen LogP contribution is -2.35. The summed E-state index contributed by atoms with van der Waals surface area (Å²) < 4.78 is 18.1. The lowest BCUT2D eigenvalue weighted by atomic mass is 9.89. The molecule has 1 unspecified atom stereocenters. The third-order valence-electron chi connectivity index (χ3n) is 6.53. The van der Waals surface area contributed by atoms with Gasteiger partial charge in [-0.2, -0.15) is 10.2 Å². The number of rotatable bonds is 4. The maximum Gasteiger partial charge on any atom is 0.227 e. The fraction of sp³-hybridized carbons (Fsp3) is 0.522. The van der Waals surface area contributed by atoms with Gasteiger partial charge in [0.15, 0.2) is 5.82 Å². The molecule has 0 radical (unpaired) electrons. The lowest BCUT2D eigenvalue weighted by Gasteiger charge is -2.33. The molecular weight excluding hydrogens is 410 g/mol. The second-order valence-electron chi connectivity index (χ2n) is 8.47. The van der Waals surface area contributed by atoms with Gasteiger partial charge in [-0.25, -0.2) is 4.98 Å². The minimum absolute atomic E-state index is 0.306. The largest absolute Gasteiger partial charge is 0.611 e. The van der Waals surface area contributed by atoms with Crippen LogP contribution in [0.1, 0.15) is 48.4 Å². The molecule has 7 nitrogen and oxygen atoms in total. The predicted octanol–water partition coefficient (Wildman–Crippen LogP) is 2.99. The Morgan fingerprint density at radius 2 is 1.84 bits per heavy atom. The van der Waals surface area contributed by atoms with E-state index in [9.17, 15) is 4.55 Å². The molecule has 0 saturated carbocycles. The number of hydrogen-bond donors (Lipinski definition) is 1. The van der Waals surface area contributed by atoms with Gasteiger partial charge in [0.25, 0.3) is 0 Å². The standard InChI is InChI=1S/C23H27N5O2S/c24-15-16-1-3-17(4-2-16)18-5-10-28(11-6-18)23-26-20-9-14-31(29)21(20)22(27-23)25-19-7-12-30-13-8-19/h1-4,18-19H,5-14H2,(H,25,26,27). The van der Waals surface area contributed by atoms with Crippen LogP contribution in [-0.4, -0.2) is 52.6 Å². The third kappa shape index (κ3) is 4.36. The van der Waals surface area contributed by atoms with Crippen molar-refractivity contribution in [3.05, 3.63) is 41.1 Å². The summed E-state index contributed by atoms with van der Waals surface area (Å²) in [6.07, 6.45) is 4.69. The summed E-state index contributed by atoms with van der Waals surface area (Å²) in [6, 6.07) is 10.5. The second-order valence-corrected chi connectivity index (χ2v) is 9.98. The molecule has 0 aliphatic carbocycles. The van der Waals surface area contributed by atoms with E-state index in [0.29, 0.717) is 23.3 Å². The average molecular weight is 438 g/mol. The Morgan fingerprint density at radius 1 is 1.10 bits per heavy atom. The van der Waals surface area contributed by atoms with Crippen LogP contribution in [0.4, 0.5) is 11.8 Å². The first-order chi connectivity index (χ1) is 15.2. The van der Waals surface area contributed by atoms with Crippen molar-refractivity contribution in [3.63, 3.8) is 0 Å². The normalized spacial score (nSPS) is 22.2. The van der Waals surface area contributed by atoms with E-state index in [2.05, 4.69) is 28.4 Å². The van der Waals surface area contributed by atoms with Gasteiger partial charge < -0.3 is 19.5 Å². The zero-order chi connectivity index (χ0) is 21.2. The summed E-state index contributed by atoms with van der Waals surface area (Å²) >= 11 is -1.02. The molecule has 3 aliphatic heterocycles. The van der Waals surface area contributed by atoms with E-state index < -0.39 is 11.2 Å². The monoisotopic (exact) mass is 437 g/mol. The molecule has 31 heavy (non-hydrogen) atoms. The SMILES string of the molecule is N#Cc1ccc(C2CCN(c3nc4c(c(NC5CCOCC5)n3)[S+]([O-])CC4)CC2)cc1. The third-order valence-corrected chi connectivity index (χ3v) is 7.99. The highest BCUT2D eigenvalue weighted by Gasteiger charge is 2.34. The molecule has 1 N–H and O–H groups in total. The average Bonchev–Trinajstić information content (AvgIpc) is 3.21. The number of hydrogen-bond acceptors (Lipinski definition) is 7. The summed E-state index contributed by atoms with van der Waals surface area (Å²) in [5.41, 5.74) is 2.94. The van der Waals surface area contributed by atoms with Crippen molar-refractivity contribution in [3.8, 4) is 6.07 Å². The van der Waals surface area contributed by atoms with Crippen molar-refractivity contribution in [2.75, 3.05) is 42.3 Å². The quantitative estimate of drug-likeness (QED) is 0.735. The van der Waals surface area contributed by atoms with Crippen LogP contribution in [0, 0.1) is 11.3 Å². The van der Waals surface area contributed by atoms with Gasteiger partial charge in [0, 0.05) is 38.8 Å². The van der Waals surface area contributed by atoms with Gasteiger partial charge in [-0.05, 0) is 60.5 Å². The molecule has 1 aromatic heterocycles. The molecule has 1 aromatic carbocycles. The van der Waals surface area contributed by atoms with Crippen LogP contribution in [0.3, 0.4) is 0 Å². The zero-order valence-electron chi connectivity index (χ0n) is 17.5. The van der Waals surface area contributed by atoms with Crippen molar-refractivity contribution in [2.45, 2.75) is 49.0 Å². The Kier molecular flexibility index (Phi) is 5.99. The Morgan fingerprint density at radius 3 is 2.55 bits per heavy atom. The minimum atomic E-state index is -1.02. The van der Waals surface area contributed by atoms with E-state index in [-0.39, 0.29) is 0 Å². The Balaban J connectivity index is 1.32. The summed E-state index contributed by atoms with van der Waals surface area (Å²) in [6.45, 7) is 3.29. The molecule has 4 heterocycles. The van der Waals surface area contributed by atoms with Gasteiger partial charge >= 0.3 is 0 Å². The highest BCUT2D eigenvalue weighted by molar-refractivity contribution is 7.91. The first-order valence-electron chi connectivity index (χ1n) is 11.1. The van der Waals surface area contributed by atoms with E-state index in [4.69, 9.17) is 20.0 Å². The fourth-order valence-electron chi connectivity index (χ4n) is 4.70. The number of nitrogens with one attached hydrogen (secondary N) is 1. The van der Waals surface area contributed by atoms with Gasteiger partial charge in [-0.15, -0.1) is 0 Å².